The number of likely N-dealkylation sites (N-methyl/N-ethyl adjacent to an activating group) is 1. The number of fused-ring (bicyclic) bond motifs is 1. The Morgan fingerprint density at radius 3 is 2.48 bits per heavy atom. The number of carboxylic acid groups (broad SMARTS) is 1. The molecule has 1 aliphatic rings. The summed E-state index contributed by atoms with van der Waals surface area (Å²) in [6.45, 7) is 0.0648. The smallest absolute Gasteiger partial charge is 0.416 e. The van der Waals surface area contributed by atoms with Gasteiger partial charge in [-0.2, -0.15) is 13.2 Å². The van der Waals surface area contributed by atoms with Crippen molar-refractivity contribution in [2.75, 3.05) is 18.6 Å². The fourth-order valence-corrected chi connectivity index (χ4v) is 3.19. The third-order valence-electron chi connectivity index (χ3n) is 4.58. The molecule has 1 aliphatic heterocycles. The van der Waals surface area contributed by atoms with E-state index in [2.05, 4.69) is 4.74 Å². The molecule has 0 aromatic heterocycles. The summed E-state index contributed by atoms with van der Waals surface area (Å²) in [5, 5.41) is 8.03. The average molecular weight is 492 g/mol. The zero-order valence-corrected chi connectivity index (χ0v) is 17.6. The molecule has 0 bridgehead atoms. The molecular formula is C20H14ClF4NO7. The summed E-state index contributed by atoms with van der Waals surface area (Å²) in [5.41, 5.74) is -3.37. The number of hydrogen-bond acceptors (Lipinski definition) is 6. The van der Waals surface area contributed by atoms with Gasteiger partial charge in [-0.15, -0.1) is 0 Å². The number of hydrogen-bond donors (Lipinski definition) is 1. The summed E-state index contributed by atoms with van der Waals surface area (Å²) < 4.78 is 68.1. The van der Waals surface area contributed by atoms with Gasteiger partial charge in [-0.3, -0.25) is 4.79 Å². The molecule has 1 amide bonds. The van der Waals surface area contributed by atoms with Gasteiger partial charge >= 0.3 is 18.1 Å². The summed E-state index contributed by atoms with van der Waals surface area (Å²) in [7, 11) is 1.32. The van der Waals surface area contributed by atoms with Crippen LogP contribution in [-0.2, 0) is 25.3 Å². The largest absolute Gasteiger partial charge is 0.479 e. The average Bonchev–Trinajstić information content (AvgIpc) is 2.71. The predicted molar refractivity (Wildman–Crippen MR) is 104 cm³/mol. The van der Waals surface area contributed by atoms with Crippen molar-refractivity contribution >= 4 is 35.1 Å². The Labute approximate surface area is 188 Å². The third kappa shape index (κ3) is 4.65. The lowest BCUT2D eigenvalue weighted by atomic mass is 10.0. The van der Waals surface area contributed by atoms with Crippen LogP contribution >= 0.6 is 11.6 Å². The fourth-order valence-electron chi connectivity index (χ4n) is 2.94. The summed E-state index contributed by atoms with van der Waals surface area (Å²) >= 11 is 5.77. The molecule has 1 N–H and O–H groups in total. The SMILES string of the molecule is CN1C(=O)C(C)(C(=O)OCC(=O)O)Oc2cc(Oc3c(F)cc(C(F)(F)F)cc3Cl)ccc21. The summed E-state index contributed by atoms with van der Waals surface area (Å²) in [4.78, 5) is 36.7. The number of amides is 1. The highest BCUT2D eigenvalue weighted by Crippen LogP contribution is 2.43. The molecule has 2 aromatic carbocycles. The van der Waals surface area contributed by atoms with E-state index in [1.807, 2.05) is 0 Å². The Hall–Kier alpha value is -3.54. The standard InChI is InChI=1S/C20H14ClF4NO7/c1-19(18(30)31-8-15(27)28)17(29)26(2)13-4-3-10(7-14(13)33-19)32-16-11(21)5-9(6-12(16)22)20(23,24)25/h3-7H,8H2,1-2H3,(H,27,28). The van der Waals surface area contributed by atoms with Gasteiger partial charge < -0.3 is 24.2 Å². The Kier molecular flexibility index (Phi) is 6.16. The molecule has 0 saturated heterocycles. The summed E-state index contributed by atoms with van der Waals surface area (Å²) in [6.07, 6.45) is -4.82. The van der Waals surface area contributed by atoms with E-state index in [-0.39, 0.29) is 23.3 Å². The maximum Gasteiger partial charge on any atom is 0.416 e. The van der Waals surface area contributed by atoms with Crippen molar-refractivity contribution in [3.8, 4) is 17.2 Å². The van der Waals surface area contributed by atoms with E-state index in [0.717, 1.165) is 17.9 Å². The highest BCUT2D eigenvalue weighted by molar-refractivity contribution is 6.32. The topological polar surface area (TPSA) is 102 Å². The van der Waals surface area contributed by atoms with E-state index in [1.165, 1.54) is 19.2 Å². The van der Waals surface area contributed by atoms with Gasteiger partial charge in [0.05, 0.1) is 16.3 Å². The van der Waals surface area contributed by atoms with E-state index in [9.17, 15) is 31.9 Å². The lowest BCUT2D eigenvalue weighted by Gasteiger charge is -2.37. The Morgan fingerprint density at radius 2 is 1.91 bits per heavy atom. The molecule has 0 fully saturated rings. The molecule has 33 heavy (non-hydrogen) atoms. The molecule has 0 saturated carbocycles. The highest BCUT2D eigenvalue weighted by Gasteiger charge is 2.51. The van der Waals surface area contributed by atoms with Crippen LogP contribution in [-0.4, -0.2) is 42.2 Å². The molecule has 1 unspecified atom stereocenters. The number of nitrogens with zero attached hydrogens (tertiary/aromatic N) is 1. The van der Waals surface area contributed by atoms with Crippen LogP contribution < -0.4 is 14.4 Å². The number of carboxylic acids is 1. The monoisotopic (exact) mass is 491 g/mol. The second kappa shape index (κ2) is 8.43. The Bertz CT molecular complexity index is 1130. The van der Waals surface area contributed by atoms with Crippen molar-refractivity contribution in [3.05, 3.63) is 46.7 Å². The van der Waals surface area contributed by atoms with E-state index in [0.29, 0.717) is 6.07 Å². The minimum Gasteiger partial charge on any atom is -0.479 e. The van der Waals surface area contributed by atoms with Gasteiger partial charge in [0.2, 0.25) is 0 Å². The highest BCUT2D eigenvalue weighted by atomic mass is 35.5. The minimum absolute atomic E-state index is 0.104. The zero-order chi connectivity index (χ0) is 24.7. The number of carbonyl (C=O) groups is 3. The maximum absolute atomic E-state index is 14.3. The predicted octanol–water partition coefficient (Wildman–Crippen LogP) is 4.03. The van der Waals surface area contributed by atoms with E-state index in [4.69, 9.17) is 26.2 Å². The maximum atomic E-state index is 14.3. The number of alkyl halides is 3. The van der Waals surface area contributed by atoms with Gasteiger partial charge in [0.15, 0.2) is 18.2 Å². The van der Waals surface area contributed by atoms with Gasteiger partial charge in [-0.05, 0) is 31.2 Å². The van der Waals surface area contributed by atoms with Gasteiger partial charge in [0, 0.05) is 13.1 Å². The molecule has 0 spiro atoms. The van der Waals surface area contributed by atoms with Gasteiger partial charge in [0.1, 0.15) is 11.5 Å². The van der Waals surface area contributed by atoms with Gasteiger partial charge in [0.25, 0.3) is 11.5 Å². The van der Waals surface area contributed by atoms with E-state index < -0.39 is 58.4 Å². The third-order valence-corrected chi connectivity index (χ3v) is 4.86. The molecule has 176 valence electrons. The van der Waals surface area contributed by atoms with Crippen molar-refractivity contribution in [2.45, 2.75) is 18.7 Å². The molecule has 8 nitrogen and oxygen atoms in total. The van der Waals surface area contributed by atoms with Crippen molar-refractivity contribution in [3.63, 3.8) is 0 Å². The van der Waals surface area contributed by atoms with E-state index in [1.54, 1.807) is 0 Å². The zero-order valence-electron chi connectivity index (χ0n) is 16.8. The second-order valence-electron chi connectivity index (χ2n) is 6.97. The van der Waals surface area contributed by atoms with Crippen LogP contribution in [0.3, 0.4) is 0 Å². The van der Waals surface area contributed by atoms with Crippen LogP contribution in [0.5, 0.6) is 17.2 Å². The van der Waals surface area contributed by atoms with Crippen LogP contribution in [0, 0.1) is 5.82 Å². The van der Waals surface area contributed by atoms with Crippen molar-refractivity contribution in [1.29, 1.82) is 0 Å². The normalized spacial score (nSPS) is 17.8. The number of esters is 1. The van der Waals surface area contributed by atoms with Crippen LogP contribution in [0.2, 0.25) is 5.02 Å². The molecule has 1 heterocycles. The summed E-state index contributed by atoms with van der Waals surface area (Å²) in [5.74, 6) is -5.87. The number of carbonyl (C=O) groups excluding carboxylic acids is 2. The number of rotatable bonds is 5. The molecule has 1 atom stereocenters. The fraction of sp³-hybridized carbons (Fsp3) is 0.250. The lowest BCUT2D eigenvalue weighted by Crippen LogP contribution is -2.58. The van der Waals surface area contributed by atoms with Gasteiger partial charge in [-0.1, -0.05) is 11.6 Å². The minimum atomic E-state index is -4.82. The molecule has 3 rings (SSSR count). The lowest BCUT2D eigenvalue weighted by molar-refractivity contribution is -0.171. The first-order chi connectivity index (χ1) is 15.2. The molecule has 2 aromatic rings. The first kappa shape index (κ1) is 24.1. The van der Waals surface area contributed by atoms with Crippen LogP contribution in [0.4, 0.5) is 23.2 Å². The quantitative estimate of drug-likeness (QED) is 0.383. The van der Waals surface area contributed by atoms with Gasteiger partial charge in [-0.25, -0.2) is 14.0 Å². The molecular weight excluding hydrogens is 478 g/mol. The number of aliphatic carboxylic acids is 1. The number of anilines is 1. The van der Waals surface area contributed by atoms with Crippen molar-refractivity contribution in [1.82, 2.24) is 0 Å². The second-order valence-corrected chi connectivity index (χ2v) is 7.37. The first-order valence-corrected chi connectivity index (χ1v) is 9.36. The van der Waals surface area contributed by atoms with Crippen molar-refractivity contribution < 1.29 is 51.3 Å². The molecule has 0 radical (unpaired) electrons. The number of ether oxygens (including phenoxy) is 3. The molecule has 13 heteroatoms. The number of halogens is 5. The Morgan fingerprint density at radius 1 is 1.24 bits per heavy atom. The van der Waals surface area contributed by atoms with Crippen LogP contribution in [0.25, 0.3) is 0 Å². The Balaban J connectivity index is 1.93. The van der Waals surface area contributed by atoms with Crippen LogP contribution in [0.1, 0.15) is 12.5 Å². The van der Waals surface area contributed by atoms with Crippen LogP contribution in [0.15, 0.2) is 30.3 Å². The summed E-state index contributed by atoms with van der Waals surface area (Å²) in [6, 6.07) is 4.45. The van der Waals surface area contributed by atoms with E-state index >= 15 is 0 Å². The first-order valence-electron chi connectivity index (χ1n) is 8.98. The number of benzene rings is 2. The van der Waals surface area contributed by atoms with Crippen molar-refractivity contribution in [2.24, 2.45) is 0 Å². The molecule has 0 aliphatic carbocycles.